The molecule has 3 aromatic rings. The molecule has 0 bridgehead atoms. The fourth-order valence-corrected chi connectivity index (χ4v) is 3.99. The lowest BCUT2D eigenvalue weighted by Gasteiger charge is -2.12. The van der Waals surface area contributed by atoms with Gasteiger partial charge in [-0.3, -0.25) is 4.68 Å². The Morgan fingerprint density at radius 2 is 2.13 bits per heavy atom. The number of alkyl halides is 2. The number of esters is 1. The molecule has 0 unspecified atom stereocenters. The number of carbonyl (C=O) groups excluding carboxylic acids is 1. The van der Waals surface area contributed by atoms with Crippen molar-refractivity contribution in [2.75, 3.05) is 6.61 Å². The lowest BCUT2D eigenvalue weighted by molar-refractivity contribution is 0.0513. The van der Waals surface area contributed by atoms with E-state index >= 15 is 0 Å². The van der Waals surface area contributed by atoms with Crippen LogP contribution in [0, 0.1) is 25.2 Å². The third-order valence-corrected chi connectivity index (χ3v) is 5.68. The van der Waals surface area contributed by atoms with E-state index in [1.807, 2.05) is 0 Å². The summed E-state index contributed by atoms with van der Waals surface area (Å²) >= 11 is 1.04. The van der Waals surface area contributed by atoms with Crippen LogP contribution in [0.4, 0.5) is 8.78 Å². The van der Waals surface area contributed by atoms with Crippen molar-refractivity contribution in [1.82, 2.24) is 19.9 Å². The second-order valence-corrected chi connectivity index (χ2v) is 7.49. The van der Waals surface area contributed by atoms with E-state index in [1.54, 1.807) is 32.5 Å². The molecule has 0 atom stereocenters. The van der Waals surface area contributed by atoms with Gasteiger partial charge in [0.25, 0.3) is 6.43 Å². The lowest BCUT2D eigenvalue weighted by atomic mass is 10.0. The fourth-order valence-electron chi connectivity index (χ4n) is 2.90. The van der Waals surface area contributed by atoms with Gasteiger partial charge in [-0.1, -0.05) is 5.16 Å². The molecule has 3 heterocycles. The zero-order valence-corrected chi connectivity index (χ0v) is 18.1. The van der Waals surface area contributed by atoms with E-state index in [-0.39, 0.29) is 28.6 Å². The molecule has 0 aliphatic carbocycles. The summed E-state index contributed by atoms with van der Waals surface area (Å²) in [7, 11) is 1.72. The molecular weight excluding hydrogens is 428 g/mol. The van der Waals surface area contributed by atoms with Crippen LogP contribution in [0.5, 0.6) is 0 Å². The van der Waals surface area contributed by atoms with Gasteiger partial charge in [-0.05, 0) is 26.8 Å². The molecule has 0 aromatic carbocycles. The number of hydrogen-bond donors (Lipinski definition) is 0. The first-order valence-electron chi connectivity index (χ1n) is 9.25. The van der Waals surface area contributed by atoms with Crippen LogP contribution in [-0.4, -0.2) is 32.5 Å². The number of pyridine rings is 1. The van der Waals surface area contributed by atoms with Gasteiger partial charge in [0, 0.05) is 35.2 Å². The number of ether oxygens (including phenoxy) is 1. The maximum Gasteiger partial charge on any atom is 0.360 e. The number of nitrogens with zero attached hydrogens (tertiary/aromatic N) is 5. The Labute approximate surface area is 181 Å². The highest BCUT2D eigenvalue weighted by Crippen LogP contribution is 2.36. The van der Waals surface area contributed by atoms with Gasteiger partial charge in [-0.25, -0.2) is 18.6 Å². The third-order valence-electron chi connectivity index (χ3n) is 4.67. The number of carbonyl (C=O) groups is 1. The van der Waals surface area contributed by atoms with Crippen LogP contribution in [0.2, 0.25) is 0 Å². The highest BCUT2D eigenvalue weighted by atomic mass is 32.2. The van der Waals surface area contributed by atoms with E-state index in [2.05, 4.69) is 21.3 Å². The van der Waals surface area contributed by atoms with E-state index < -0.39 is 18.1 Å². The van der Waals surface area contributed by atoms with Crippen LogP contribution < -0.4 is 0 Å². The summed E-state index contributed by atoms with van der Waals surface area (Å²) in [6.07, 6.45) is -1.30. The summed E-state index contributed by atoms with van der Waals surface area (Å²) in [5, 5.41) is 17.8. The quantitative estimate of drug-likeness (QED) is 0.388. The normalized spacial score (nSPS) is 11.0. The average molecular weight is 447 g/mol. The predicted octanol–water partition coefficient (Wildman–Crippen LogP) is 4.37. The van der Waals surface area contributed by atoms with Crippen molar-refractivity contribution in [3.63, 3.8) is 0 Å². The Morgan fingerprint density at radius 1 is 1.39 bits per heavy atom. The summed E-state index contributed by atoms with van der Waals surface area (Å²) in [4.78, 5) is 16.1. The summed E-state index contributed by atoms with van der Waals surface area (Å²) in [5.41, 5.74) is 1.78. The highest BCUT2D eigenvalue weighted by molar-refractivity contribution is 7.98. The molecule has 0 fully saturated rings. The number of aromatic nitrogens is 4. The Kier molecular flexibility index (Phi) is 6.70. The molecule has 31 heavy (non-hydrogen) atoms. The Morgan fingerprint density at radius 3 is 2.71 bits per heavy atom. The van der Waals surface area contributed by atoms with Gasteiger partial charge >= 0.3 is 5.97 Å². The van der Waals surface area contributed by atoms with Crippen LogP contribution >= 0.6 is 11.8 Å². The van der Waals surface area contributed by atoms with E-state index in [0.717, 1.165) is 17.5 Å². The van der Waals surface area contributed by atoms with Crippen molar-refractivity contribution in [2.45, 2.75) is 38.0 Å². The summed E-state index contributed by atoms with van der Waals surface area (Å²) in [6.45, 7) is 5.25. The molecule has 0 radical (unpaired) electrons. The molecule has 162 valence electrons. The summed E-state index contributed by atoms with van der Waals surface area (Å²) in [6, 6.07) is 3.29. The van der Waals surface area contributed by atoms with Gasteiger partial charge in [-0.2, -0.15) is 10.4 Å². The average Bonchev–Trinajstić information content (AvgIpc) is 3.27. The van der Waals surface area contributed by atoms with Crippen LogP contribution in [0.3, 0.4) is 0 Å². The number of halogens is 2. The van der Waals surface area contributed by atoms with Crippen molar-refractivity contribution < 1.29 is 22.8 Å². The lowest BCUT2D eigenvalue weighted by Crippen LogP contribution is -2.08. The zero-order valence-electron chi connectivity index (χ0n) is 17.3. The minimum Gasteiger partial charge on any atom is -0.461 e. The van der Waals surface area contributed by atoms with E-state index in [4.69, 9.17) is 9.26 Å². The number of thioether (sulfide) groups is 1. The van der Waals surface area contributed by atoms with Gasteiger partial charge in [-0.15, -0.1) is 11.8 Å². The van der Waals surface area contributed by atoms with Crippen molar-refractivity contribution in [3.8, 4) is 17.2 Å². The minimum atomic E-state index is -2.82. The SMILES string of the molecule is CCOC(=O)c1noc(C)c1CSc1nc(C(F)F)cc(-c2cnn(C)c2C)c1C#N. The first-order valence-corrected chi connectivity index (χ1v) is 10.2. The maximum absolute atomic E-state index is 13.6. The Bertz CT molecular complexity index is 1170. The number of hydrogen-bond acceptors (Lipinski definition) is 8. The van der Waals surface area contributed by atoms with Crippen molar-refractivity contribution in [2.24, 2.45) is 7.05 Å². The van der Waals surface area contributed by atoms with Crippen LogP contribution in [0.25, 0.3) is 11.1 Å². The van der Waals surface area contributed by atoms with E-state index in [1.165, 1.54) is 12.3 Å². The molecule has 8 nitrogen and oxygen atoms in total. The molecule has 0 N–H and O–H groups in total. The monoisotopic (exact) mass is 447 g/mol. The van der Waals surface area contributed by atoms with E-state index in [0.29, 0.717) is 22.5 Å². The Balaban J connectivity index is 2.05. The number of aryl methyl sites for hydroxylation is 2. The fraction of sp³-hybridized carbons (Fsp3) is 0.350. The molecule has 3 aromatic heterocycles. The third kappa shape index (κ3) is 4.44. The van der Waals surface area contributed by atoms with Gasteiger partial charge in [0.15, 0.2) is 5.69 Å². The summed E-state index contributed by atoms with van der Waals surface area (Å²) in [5.74, 6) is -0.123. The van der Waals surface area contributed by atoms with Crippen LogP contribution in [0.15, 0.2) is 21.8 Å². The molecule has 0 saturated carbocycles. The summed E-state index contributed by atoms with van der Waals surface area (Å²) < 4.78 is 38.8. The van der Waals surface area contributed by atoms with Crippen LogP contribution in [0.1, 0.15) is 52.1 Å². The van der Waals surface area contributed by atoms with Crippen molar-refractivity contribution in [1.29, 1.82) is 5.26 Å². The molecule has 11 heteroatoms. The molecule has 0 aliphatic rings. The molecular formula is C20H19F2N5O3S. The predicted molar refractivity (Wildman–Crippen MR) is 108 cm³/mol. The van der Waals surface area contributed by atoms with Gasteiger partial charge in [0.1, 0.15) is 22.5 Å². The first kappa shape index (κ1) is 22.4. The first-order chi connectivity index (χ1) is 14.8. The molecule has 0 saturated heterocycles. The second kappa shape index (κ2) is 9.26. The Hall–Kier alpha value is -3.26. The topological polar surface area (TPSA) is 107 Å². The standard InChI is InChI=1S/C20H19F2N5O3S/c1-5-29-20(28)17-15(11(3)30-26-17)9-31-19-13(7-23)12(6-16(25-19)18(21)22)14-8-24-27(4)10(14)2/h6,8,18H,5,9H2,1-4H3. The van der Waals surface area contributed by atoms with Crippen molar-refractivity contribution >= 4 is 17.7 Å². The number of nitriles is 1. The molecule has 0 aliphatic heterocycles. The molecule has 0 amide bonds. The maximum atomic E-state index is 13.6. The largest absolute Gasteiger partial charge is 0.461 e. The number of rotatable bonds is 7. The zero-order chi connectivity index (χ0) is 22.7. The molecule has 0 spiro atoms. The van der Waals surface area contributed by atoms with Crippen molar-refractivity contribution in [3.05, 3.63) is 46.2 Å². The van der Waals surface area contributed by atoms with E-state index in [9.17, 15) is 18.8 Å². The minimum absolute atomic E-state index is 0.0127. The van der Waals surface area contributed by atoms with Gasteiger partial charge in [0.05, 0.1) is 18.4 Å². The highest BCUT2D eigenvalue weighted by Gasteiger charge is 2.24. The molecule has 3 rings (SSSR count). The van der Waals surface area contributed by atoms with Crippen LogP contribution in [-0.2, 0) is 17.5 Å². The van der Waals surface area contributed by atoms with Gasteiger partial charge in [0.2, 0.25) is 0 Å². The smallest absolute Gasteiger partial charge is 0.360 e. The second-order valence-electron chi connectivity index (χ2n) is 6.53. The van der Waals surface area contributed by atoms with Gasteiger partial charge < -0.3 is 9.26 Å².